The van der Waals surface area contributed by atoms with E-state index in [-0.39, 0.29) is 17.4 Å². The molecule has 41 heavy (non-hydrogen) atoms. The van der Waals surface area contributed by atoms with Gasteiger partial charge >= 0.3 is 0 Å². The number of ether oxygens (including phenoxy) is 2. The van der Waals surface area contributed by atoms with Crippen LogP contribution in [0.3, 0.4) is 0 Å². The molecule has 1 amide bonds. The van der Waals surface area contributed by atoms with Gasteiger partial charge in [0, 0.05) is 55.1 Å². The average Bonchev–Trinajstić information content (AvgIpc) is 3.55. The predicted octanol–water partition coefficient (Wildman–Crippen LogP) is 4.93. The third-order valence-electron chi connectivity index (χ3n) is 8.34. The number of nitrogens with zero attached hydrogens (tertiary/aromatic N) is 4. The van der Waals surface area contributed by atoms with Gasteiger partial charge in [0.05, 0.1) is 19.7 Å². The van der Waals surface area contributed by atoms with E-state index in [1.807, 2.05) is 36.2 Å². The molecule has 9 nitrogen and oxygen atoms in total. The molecule has 1 aliphatic carbocycles. The summed E-state index contributed by atoms with van der Waals surface area (Å²) in [6.07, 6.45) is 6.23. The Morgan fingerprint density at radius 3 is 2.29 bits per heavy atom. The molecule has 2 fully saturated rings. The molecular weight excluding hydrogens is 518 g/mol. The van der Waals surface area contributed by atoms with Gasteiger partial charge in [-0.2, -0.15) is 0 Å². The van der Waals surface area contributed by atoms with Crippen LogP contribution in [0.1, 0.15) is 53.1 Å². The summed E-state index contributed by atoms with van der Waals surface area (Å²) in [6, 6.07) is 13.2. The van der Waals surface area contributed by atoms with E-state index in [1.165, 1.54) is 0 Å². The number of carbonyl (C=O) groups is 1. The largest absolute Gasteiger partial charge is 0.496 e. The number of pyridine rings is 1. The molecule has 0 radical (unpaired) electrons. The van der Waals surface area contributed by atoms with Crippen molar-refractivity contribution in [3.8, 4) is 22.9 Å². The van der Waals surface area contributed by atoms with Gasteiger partial charge in [-0.05, 0) is 49.4 Å². The number of piperazine rings is 1. The van der Waals surface area contributed by atoms with Gasteiger partial charge in [-0.3, -0.25) is 9.59 Å². The van der Waals surface area contributed by atoms with Gasteiger partial charge in [0.1, 0.15) is 28.5 Å². The number of nitrogens with one attached hydrogen (secondary N) is 1. The van der Waals surface area contributed by atoms with Crippen LogP contribution in [0.2, 0.25) is 0 Å². The van der Waals surface area contributed by atoms with Crippen LogP contribution >= 0.6 is 0 Å². The zero-order valence-corrected chi connectivity index (χ0v) is 23.8. The zero-order chi connectivity index (χ0) is 28.5. The van der Waals surface area contributed by atoms with E-state index in [4.69, 9.17) is 14.5 Å². The highest BCUT2D eigenvalue weighted by atomic mass is 16.5. The molecular formula is C32H35N5O4. The molecule has 0 spiro atoms. The van der Waals surface area contributed by atoms with Crippen molar-refractivity contribution in [1.29, 1.82) is 0 Å². The maximum Gasteiger partial charge on any atom is 0.262 e. The monoisotopic (exact) mass is 553 g/mol. The van der Waals surface area contributed by atoms with Gasteiger partial charge in [0.25, 0.3) is 11.5 Å². The molecule has 4 aromatic rings. The normalized spacial score (nSPS) is 15.9. The summed E-state index contributed by atoms with van der Waals surface area (Å²) in [5.74, 6) is 2.81. The summed E-state index contributed by atoms with van der Waals surface area (Å²) in [6.45, 7) is 4.75. The standard InChI is InChI=1S/C32H35N5O4/c1-20-8-13-26(33-19-20)36-14-16-37(17-15-36)32(39)23-11-9-22(10-12-23)30-34-29-27(21-6-4-5-7-21)24(40-2)18-25(41-3)28(29)31(38)35-30/h8-13,18-19,21H,4-7,14-17H2,1-3H3,(H,34,35,38). The summed E-state index contributed by atoms with van der Waals surface area (Å²) < 4.78 is 11.3. The topological polar surface area (TPSA) is 101 Å². The van der Waals surface area contributed by atoms with Crippen molar-refractivity contribution in [1.82, 2.24) is 19.9 Å². The molecule has 1 aliphatic heterocycles. The molecule has 0 unspecified atom stereocenters. The van der Waals surface area contributed by atoms with E-state index >= 15 is 0 Å². The van der Waals surface area contributed by atoms with Crippen LogP contribution in [-0.4, -0.2) is 66.2 Å². The van der Waals surface area contributed by atoms with Gasteiger partial charge < -0.3 is 24.3 Å². The predicted molar refractivity (Wildman–Crippen MR) is 159 cm³/mol. The van der Waals surface area contributed by atoms with Crippen molar-refractivity contribution in [2.75, 3.05) is 45.3 Å². The number of benzene rings is 2. The molecule has 3 heterocycles. The van der Waals surface area contributed by atoms with Crippen molar-refractivity contribution in [3.05, 3.63) is 75.7 Å². The third kappa shape index (κ3) is 5.12. The van der Waals surface area contributed by atoms with E-state index < -0.39 is 0 Å². The second-order valence-corrected chi connectivity index (χ2v) is 10.9. The lowest BCUT2D eigenvalue weighted by Gasteiger charge is -2.35. The van der Waals surface area contributed by atoms with Crippen LogP contribution in [0, 0.1) is 6.92 Å². The van der Waals surface area contributed by atoms with Crippen LogP contribution in [-0.2, 0) is 0 Å². The van der Waals surface area contributed by atoms with Crippen molar-refractivity contribution in [2.45, 2.75) is 38.5 Å². The smallest absolute Gasteiger partial charge is 0.262 e. The fourth-order valence-electron chi connectivity index (χ4n) is 6.10. The Kier molecular flexibility index (Phi) is 7.34. The van der Waals surface area contributed by atoms with Crippen LogP contribution in [0.4, 0.5) is 5.82 Å². The van der Waals surface area contributed by atoms with E-state index in [2.05, 4.69) is 20.9 Å². The molecule has 1 N–H and O–H groups in total. The first-order chi connectivity index (χ1) is 20.0. The number of aromatic amines is 1. The summed E-state index contributed by atoms with van der Waals surface area (Å²) in [5, 5.41) is 0.436. The number of carbonyl (C=O) groups excluding carboxylic acids is 1. The summed E-state index contributed by atoms with van der Waals surface area (Å²) in [7, 11) is 3.19. The molecule has 1 saturated heterocycles. The number of hydrogen-bond donors (Lipinski definition) is 1. The van der Waals surface area contributed by atoms with Crippen LogP contribution in [0.25, 0.3) is 22.3 Å². The first-order valence-corrected chi connectivity index (χ1v) is 14.2. The highest BCUT2D eigenvalue weighted by molar-refractivity contribution is 5.95. The second kappa shape index (κ2) is 11.2. The maximum atomic E-state index is 13.4. The minimum atomic E-state index is -0.259. The molecule has 2 aromatic heterocycles. The van der Waals surface area contributed by atoms with E-state index in [0.29, 0.717) is 46.9 Å². The SMILES string of the molecule is COc1cc(OC)c2c(=O)[nH]c(-c3ccc(C(=O)N4CCN(c5ccc(C)cn5)CC4)cc3)nc2c1C1CCCC1. The highest BCUT2D eigenvalue weighted by Gasteiger charge is 2.27. The number of aromatic nitrogens is 3. The summed E-state index contributed by atoms with van der Waals surface area (Å²) in [5.41, 5.74) is 3.80. The van der Waals surface area contributed by atoms with Gasteiger partial charge in [-0.1, -0.05) is 31.0 Å². The van der Waals surface area contributed by atoms with Gasteiger partial charge in [0.2, 0.25) is 0 Å². The first kappa shape index (κ1) is 26.8. The molecule has 9 heteroatoms. The fourth-order valence-corrected chi connectivity index (χ4v) is 6.10. The minimum absolute atomic E-state index is 0.00831. The van der Waals surface area contributed by atoms with E-state index in [1.54, 1.807) is 32.4 Å². The van der Waals surface area contributed by atoms with Crippen molar-refractivity contribution < 1.29 is 14.3 Å². The number of H-pyrrole nitrogens is 1. The average molecular weight is 554 g/mol. The van der Waals surface area contributed by atoms with E-state index in [9.17, 15) is 9.59 Å². The quantitative estimate of drug-likeness (QED) is 0.361. The lowest BCUT2D eigenvalue weighted by Crippen LogP contribution is -2.49. The highest BCUT2D eigenvalue weighted by Crippen LogP contribution is 2.44. The number of hydrogen-bond acceptors (Lipinski definition) is 7. The van der Waals surface area contributed by atoms with Gasteiger partial charge in [0.15, 0.2) is 0 Å². The Hall–Kier alpha value is -4.40. The van der Waals surface area contributed by atoms with Gasteiger partial charge in [-0.25, -0.2) is 9.97 Å². The Morgan fingerprint density at radius 2 is 1.66 bits per heavy atom. The third-order valence-corrected chi connectivity index (χ3v) is 8.34. The second-order valence-electron chi connectivity index (χ2n) is 10.9. The molecule has 1 saturated carbocycles. The summed E-state index contributed by atoms with van der Waals surface area (Å²) >= 11 is 0. The van der Waals surface area contributed by atoms with Crippen LogP contribution in [0.15, 0.2) is 53.5 Å². The lowest BCUT2D eigenvalue weighted by atomic mass is 9.93. The van der Waals surface area contributed by atoms with E-state index in [0.717, 1.165) is 61.3 Å². The maximum absolute atomic E-state index is 13.4. The molecule has 0 bridgehead atoms. The Labute approximate surface area is 239 Å². The first-order valence-electron chi connectivity index (χ1n) is 14.2. The summed E-state index contributed by atoms with van der Waals surface area (Å²) in [4.78, 5) is 43.1. The number of anilines is 1. The Balaban J connectivity index is 1.26. The molecule has 212 valence electrons. The zero-order valence-electron chi connectivity index (χ0n) is 23.8. The number of rotatable bonds is 6. The lowest BCUT2D eigenvalue weighted by molar-refractivity contribution is 0.0746. The minimum Gasteiger partial charge on any atom is -0.496 e. The molecule has 0 atom stereocenters. The van der Waals surface area contributed by atoms with Crippen molar-refractivity contribution in [2.24, 2.45) is 0 Å². The molecule has 2 aliphatic rings. The van der Waals surface area contributed by atoms with Crippen LogP contribution < -0.4 is 19.9 Å². The molecule has 2 aromatic carbocycles. The Morgan fingerprint density at radius 1 is 0.951 bits per heavy atom. The Bertz CT molecular complexity index is 1620. The van der Waals surface area contributed by atoms with Crippen molar-refractivity contribution in [3.63, 3.8) is 0 Å². The number of aryl methyl sites for hydroxylation is 1. The number of fused-ring (bicyclic) bond motifs is 1. The molecule has 6 rings (SSSR count). The van der Waals surface area contributed by atoms with Crippen molar-refractivity contribution >= 4 is 22.6 Å². The number of methoxy groups -OCH3 is 2. The number of amides is 1. The van der Waals surface area contributed by atoms with Crippen LogP contribution in [0.5, 0.6) is 11.5 Å². The van der Waals surface area contributed by atoms with Gasteiger partial charge in [-0.15, -0.1) is 0 Å². The fraction of sp³-hybridized carbons (Fsp3) is 0.375.